The second kappa shape index (κ2) is 12.7. The molecule has 29 heavy (non-hydrogen) atoms. The second-order valence-electron chi connectivity index (χ2n) is 7.25. The number of carbonyl (C=O) groups excluding carboxylic acids is 3. The van der Waals surface area contributed by atoms with Crippen LogP contribution in [0.15, 0.2) is 54.3 Å². The summed E-state index contributed by atoms with van der Waals surface area (Å²) >= 11 is 0. The Kier molecular flexibility index (Phi) is 9.90. The first-order valence-corrected chi connectivity index (χ1v) is 10.4. The van der Waals surface area contributed by atoms with Crippen LogP contribution in [0.3, 0.4) is 0 Å². The van der Waals surface area contributed by atoms with E-state index < -0.39 is 0 Å². The molecule has 0 saturated carbocycles. The Labute approximate surface area is 173 Å². The standard InChI is InChI=1S/C24H31NO4/c1-29-24(28)15-7-2-3-10-18-25-21(13-8-9-14-23(25)27)16-17-22(26)19-20-11-5-4-6-12-20/h3-6,10-12,16H,2,7-9,13-15,17-19H2,1H3. The molecule has 1 aliphatic rings. The van der Waals surface area contributed by atoms with Crippen molar-refractivity contribution in [2.75, 3.05) is 13.7 Å². The lowest BCUT2D eigenvalue weighted by Crippen LogP contribution is -2.29. The van der Waals surface area contributed by atoms with Crippen LogP contribution in [-0.2, 0) is 25.5 Å². The Morgan fingerprint density at radius 3 is 2.62 bits per heavy atom. The fraction of sp³-hybridized carbons (Fsp3) is 0.458. The molecule has 1 fully saturated rings. The topological polar surface area (TPSA) is 63.7 Å². The van der Waals surface area contributed by atoms with Crippen LogP contribution in [0.1, 0.15) is 56.9 Å². The molecule has 1 aromatic carbocycles. The maximum absolute atomic E-state index is 12.5. The minimum absolute atomic E-state index is 0.114. The number of rotatable bonds is 10. The van der Waals surface area contributed by atoms with E-state index in [1.807, 2.05) is 48.6 Å². The lowest BCUT2D eigenvalue weighted by atomic mass is 10.1. The monoisotopic (exact) mass is 397 g/mol. The van der Waals surface area contributed by atoms with Crippen LogP contribution < -0.4 is 0 Å². The molecule has 156 valence electrons. The van der Waals surface area contributed by atoms with Crippen molar-refractivity contribution in [2.45, 2.75) is 57.8 Å². The number of unbranched alkanes of at least 4 members (excludes halogenated alkanes) is 1. The molecule has 0 spiro atoms. The number of esters is 1. The zero-order valence-corrected chi connectivity index (χ0v) is 17.3. The third kappa shape index (κ3) is 8.46. The molecule has 0 bridgehead atoms. The van der Waals surface area contributed by atoms with Gasteiger partial charge in [-0.3, -0.25) is 14.4 Å². The van der Waals surface area contributed by atoms with Crippen molar-refractivity contribution >= 4 is 17.7 Å². The number of ether oxygens (including phenoxy) is 1. The van der Waals surface area contributed by atoms with Crippen molar-refractivity contribution in [3.8, 4) is 0 Å². The molecule has 2 rings (SSSR count). The lowest BCUT2D eigenvalue weighted by molar-refractivity contribution is -0.140. The molecule has 5 nitrogen and oxygen atoms in total. The van der Waals surface area contributed by atoms with Gasteiger partial charge in [0.25, 0.3) is 0 Å². The van der Waals surface area contributed by atoms with Gasteiger partial charge in [-0.25, -0.2) is 0 Å². The quantitative estimate of drug-likeness (QED) is 0.334. The number of amides is 1. The highest BCUT2D eigenvalue weighted by atomic mass is 16.5. The maximum Gasteiger partial charge on any atom is 0.305 e. The number of hydrogen-bond acceptors (Lipinski definition) is 4. The van der Waals surface area contributed by atoms with Crippen LogP contribution in [0.4, 0.5) is 0 Å². The highest BCUT2D eigenvalue weighted by Crippen LogP contribution is 2.22. The normalized spacial score (nSPS) is 16.2. The van der Waals surface area contributed by atoms with Gasteiger partial charge in [-0.15, -0.1) is 0 Å². The van der Waals surface area contributed by atoms with Crippen LogP contribution >= 0.6 is 0 Å². The largest absolute Gasteiger partial charge is 0.469 e. The molecule has 1 heterocycles. The van der Waals surface area contributed by atoms with E-state index in [-0.39, 0.29) is 17.7 Å². The van der Waals surface area contributed by atoms with E-state index in [0.717, 1.165) is 43.4 Å². The molecular weight excluding hydrogens is 366 g/mol. The molecule has 0 aliphatic carbocycles. The summed E-state index contributed by atoms with van der Waals surface area (Å²) in [6.45, 7) is 0.510. The van der Waals surface area contributed by atoms with Gasteiger partial charge in [0.1, 0.15) is 5.78 Å². The smallest absolute Gasteiger partial charge is 0.305 e. The van der Waals surface area contributed by atoms with Crippen molar-refractivity contribution < 1.29 is 19.1 Å². The van der Waals surface area contributed by atoms with E-state index >= 15 is 0 Å². The molecule has 1 amide bonds. The van der Waals surface area contributed by atoms with E-state index in [4.69, 9.17) is 0 Å². The fourth-order valence-corrected chi connectivity index (χ4v) is 3.34. The summed E-state index contributed by atoms with van der Waals surface area (Å²) < 4.78 is 4.63. The predicted molar refractivity (Wildman–Crippen MR) is 113 cm³/mol. The van der Waals surface area contributed by atoms with Gasteiger partial charge in [0, 0.05) is 37.9 Å². The van der Waals surface area contributed by atoms with Gasteiger partial charge in [0.15, 0.2) is 0 Å². The van der Waals surface area contributed by atoms with Gasteiger partial charge in [0.05, 0.1) is 7.11 Å². The molecular formula is C24H31NO4. The average molecular weight is 398 g/mol. The molecule has 5 heteroatoms. The Bertz CT molecular complexity index is 737. The Morgan fingerprint density at radius 2 is 1.86 bits per heavy atom. The molecule has 0 atom stereocenters. The highest BCUT2D eigenvalue weighted by molar-refractivity contribution is 5.83. The molecule has 0 radical (unpaired) electrons. The number of allylic oxidation sites excluding steroid dienone is 3. The zero-order chi connectivity index (χ0) is 20.9. The predicted octanol–water partition coefficient (Wildman–Crippen LogP) is 4.37. The molecule has 1 aliphatic heterocycles. The summed E-state index contributed by atoms with van der Waals surface area (Å²) in [5.41, 5.74) is 1.97. The molecule has 1 aromatic rings. The molecule has 1 saturated heterocycles. The summed E-state index contributed by atoms with van der Waals surface area (Å²) in [5, 5.41) is 0. The molecule has 0 aromatic heterocycles. The summed E-state index contributed by atoms with van der Waals surface area (Å²) in [4.78, 5) is 37.8. The third-order valence-electron chi connectivity index (χ3n) is 4.96. The summed E-state index contributed by atoms with van der Waals surface area (Å²) in [5.74, 6) is 0.0636. The van der Waals surface area contributed by atoms with Gasteiger partial charge < -0.3 is 9.64 Å². The molecule has 0 N–H and O–H groups in total. The summed E-state index contributed by atoms with van der Waals surface area (Å²) in [7, 11) is 1.39. The van der Waals surface area contributed by atoms with Crippen molar-refractivity contribution in [1.82, 2.24) is 4.90 Å². The Morgan fingerprint density at radius 1 is 1.10 bits per heavy atom. The number of Topliss-reactive ketones (excluding diaryl/α,β-unsaturated/α-hetero) is 1. The number of carbonyl (C=O) groups is 3. The first-order chi connectivity index (χ1) is 14.1. The number of ketones is 1. The van der Waals surface area contributed by atoms with Crippen molar-refractivity contribution in [2.24, 2.45) is 0 Å². The summed E-state index contributed by atoms with van der Waals surface area (Å²) in [6, 6.07) is 9.72. The third-order valence-corrected chi connectivity index (χ3v) is 4.96. The zero-order valence-electron chi connectivity index (χ0n) is 17.3. The average Bonchev–Trinajstić information content (AvgIpc) is 2.90. The van der Waals surface area contributed by atoms with E-state index in [1.54, 1.807) is 4.90 Å². The number of hydrogen-bond donors (Lipinski definition) is 0. The van der Waals surface area contributed by atoms with E-state index in [2.05, 4.69) is 4.74 Å². The second-order valence-corrected chi connectivity index (χ2v) is 7.25. The maximum atomic E-state index is 12.5. The fourth-order valence-electron chi connectivity index (χ4n) is 3.34. The minimum Gasteiger partial charge on any atom is -0.469 e. The molecule has 0 unspecified atom stereocenters. The number of benzene rings is 1. The van der Waals surface area contributed by atoms with Crippen molar-refractivity contribution in [3.05, 3.63) is 59.8 Å². The Balaban J connectivity index is 1.90. The van der Waals surface area contributed by atoms with Crippen LogP contribution in [0.2, 0.25) is 0 Å². The summed E-state index contributed by atoms with van der Waals surface area (Å²) in [6.07, 6.45) is 11.8. The van der Waals surface area contributed by atoms with E-state index in [0.29, 0.717) is 32.2 Å². The first-order valence-electron chi connectivity index (χ1n) is 10.4. The number of methoxy groups -OCH3 is 1. The van der Waals surface area contributed by atoms with Gasteiger partial charge in [-0.2, -0.15) is 0 Å². The SMILES string of the molecule is COC(=O)CCCC=CCN1C(=O)CCCCC1=CCC(=O)Cc1ccccc1. The van der Waals surface area contributed by atoms with Crippen LogP contribution in [0, 0.1) is 0 Å². The lowest BCUT2D eigenvalue weighted by Gasteiger charge is -2.22. The van der Waals surface area contributed by atoms with Crippen LogP contribution in [-0.4, -0.2) is 36.2 Å². The van der Waals surface area contributed by atoms with Crippen LogP contribution in [0.5, 0.6) is 0 Å². The highest BCUT2D eigenvalue weighted by Gasteiger charge is 2.20. The van der Waals surface area contributed by atoms with Gasteiger partial charge >= 0.3 is 5.97 Å². The first kappa shape index (κ1) is 22.6. The Hall–Kier alpha value is -2.69. The number of likely N-dealkylation sites (tertiary alicyclic amines) is 1. The van der Waals surface area contributed by atoms with Crippen molar-refractivity contribution in [1.29, 1.82) is 0 Å². The van der Waals surface area contributed by atoms with Crippen LogP contribution in [0.25, 0.3) is 0 Å². The van der Waals surface area contributed by atoms with Gasteiger partial charge in [0.2, 0.25) is 5.91 Å². The van der Waals surface area contributed by atoms with Crippen molar-refractivity contribution in [3.63, 3.8) is 0 Å². The minimum atomic E-state index is -0.202. The number of nitrogens with zero attached hydrogens (tertiary/aromatic N) is 1. The van der Waals surface area contributed by atoms with E-state index in [9.17, 15) is 14.4 Å². The van der Waals surface area contributed by atoms with E-state index in [1.165, 1.54) is 7.11 Å². The van der Waals surface area contributed by atoms with Gasteiger partial charge in [-0.05, 0) is 37.7 Å². The van der Waals surface area contributed by atoms with Gasteiger partial charge in [-0.1, -0.05) is 48.6 Å².